The molecule has 1 fully saturated rings. The number of benzene rings is 4. The van der Waals surface area contributed by atoms with E-state index in [1.54, 1.807) is 45.0 Å². The van der Waals surface area contributed by atoms with Crippen molar-refractivity contribution >= 4 is 21.9 Å². The van der Waals surface area contributed by atoms with Crippen LogP contribution in [0.25, 0.3) is 0 Å². The van der Waals surface area contributed by atoms with E-state index < -0.39 is 51.4 Å². The highest BCUT2D eigenvalue weighted by atomic mass is 32.2. The van der Waals surface area contributed by atoms with Gasteiger partial charge in [0.1, 0.15) is 17.5 Å². The molecule has 0 bridgehead atoms. The van der Waals surface area contributed by atoms with Gasteiger partial charge in [-0.15, -0.1) is 0 Å². The molecule has 0 saturated carbocycles. The Morgan fingerprint density at radius 3 is 2.00 bits per heavy atom. The average Bonchev–Trinajstić information content (AvgIpc) is 3.08. The predicted octanol–water partition coefficient (Wildman–Crippen LogP) is 6.37. The van der Waals surface area contributed by atoms with Crippen LogP contribution in [0.1, 0.15) is 55.4 Å². The van der Waals surface area contributed by atoms with Gasteiger partial charge in [0, 0.05) is 38.0 Å². The van der Waals surface area contributed by atoms with E-state index >= 15 is 4.39 Å². The highest BCUT2D eigenvalue weighted by Gasteiger charge is 2.39. The zero-order valence-electron chi connectivity index (χ0n) is 28.0. The van der Waals surface area contributed by atoms with Gasteiger partial charge in [-0.3, -0.25) is 4.79 Å². The molecule has 0 spiro atoms. The molecule has 1 heterocycles. The second-order valence-electron chi connectivity index (χ2n) is 13.3. The first-order valence-corrected chi connectivity index (χ1v) is 17.9. The molecular formula is C39H43FN2O6S. The third-order valence-corrected chi connectivity index (χ3v) is 10.7. The van der Waals surface area contributed by atoms with Crippen LogP contribution in [-0.4, -0.2) is 72.0 Å². The summed E-state index contributed by atoms with van der Waals surface area (Å²) in [5.74, 6) is -1.61. The number of Topliss-reactive ketones (excluding diaryl/α,β-unsaturated/α-hetero) is 1. The number of halogens is 1. The topological polar surface area (TPSA) is 104 Å². The molecule has 2 atom stereocenters. The summed E-state index contributed by atoms with van der Waals surface area (Å²) in [6.07, 6.45) is -1.89. The van der Waals surface area contributed by atoms with Gasteiger partial charge < -0.3 is 14.7 Å². The molecule has 1 saturated heterocycles. The number of nitrogens with zero attached hydrogens (tertiary/aromatic N) is 2. The molecular weight excluding hydrogens is 644 g/mol. The van der Waals surface area contributed by atoms with Crippen LogP contribution in [0.15, 0.2) is 114 Å². The summed E-state index contributed by atoms with van der Waals surface area (Å²) in [5, 5.41) is 11.5. The van der Waals surface area contributed by atoms with E-state index in [0.29, 0.717) is 5.56 Å². The summed E-state index contributed by atoms with van der Waals surface area (Å²) in [5.41, 5.74) is 1.51. The number of aliphatic hydroxyl groups excluding tert-OH is 1. The molecule has 5 rings (SSSR count). The number of carbonyl (C=O) groups excluding carboxylic acids is 2. The number of hydrogen-bond acceptors (Lipinski definition) is 6. The maximum atomic E-state index is 15.5. The molecule has 0 radical (unpaired) electrons. The summed E-state index contributed by atoms with van der Waals surface area (Å²) in [4.78, 5) is 28.4. The van der Waals surface area contributed by atoms with Crippen molar-refractivity contribution < 1.29 is 32.2 Å². The number of piperazine rings is 1. The van der Waals surface area contributed by atoms with E-state index in [1.165, 1.54) is 33.5 Å². The highest BCUT2D eigenvalue weighted by molar-refractivity contribution is 7.89. The fraction of sp³-hybridized carbons (Fsp3) is 0.333. The minimum Gasteiger partial charge on any atom is -0.444 e. The molecule has 1 N–H and O–H groups in total. The van der Waals surface area contributed by atoms with Gasteiger partial charge in [0.15, 0.2) is 5.78 Å². The van der Waals surface area contributed by atoms with Crippen molar-refractivity contribution in [1.82, 2.24) is 9.21 Å². The lowest BCUT2D eigenvalue weighted by Crippen LogP contribution is -2.57. The number of aliphatic hydroxyl groups is 1. The Morgan fingerprint density at radius 2 is 1.43 bits per heavy atom. The molecule has 49 heavy (non-hydrogen) atoms. The summed E-state index contributed by atoms with van der Waals surface area (Å²) in [6.45, 7) is 5.52. The Labute approximate surface area is 288 Å². The third-order valence-electron chi connectivity index (χ3n) is 8.70. The lowest BCUT2D eigenvalue weighted by atomic mass is 9.83. The van der Waals surface area contributed by atoms with Crippen LogP contribution in [0.3, 0.4) is 0 Å². The first-order chi connectivity index (χ1) is 23.3. The van der Waals surface area contributed by atoms with E-state index in [1.807, 2.05) is 60.7 Å². The van der Waals surface area contributed by atoms with Crippen molar-refractivity contribution in [2.45, 2.75) is 68.6 Å². The van der Waals surface area contributed by atoms with Gasteiger partial charge in [0.25, 0.3) is 0 Å². The van der Waals surface area contributed by atoms with Gasteiger partial charge in [0.05, 0.1) is 4.90 Å². The zero-order chi connectivity index (χ0) is 35.2. The standard InChI is InChI=1S/C39H43FN2O6S/c1-39(2,3)48-38(45)41-24-25-42(49(46,47)32-19-11-6-12-20-32)31(27-41)22-23-33-30(18-13-21-34(33)40)26-35(43)37(44)36(28-14-7-4-8-15-28)29-16-9-5-10-17-29/h4-21,31,36-37,44H,22-27H2,1-3H3/t31-,37?/m0/s1. The first-order valence-electron chi connectivity index (χ1n) is 16.5. The molecule has 8 nitrogen and oxygen atoms in total. The zero-order valence-corrected chi connectivity index (χ0v) is 28.9. The number of ether oxygens (including phenoxy) is 1. The summed E-state index contributed by atoms with van der Waals surface area (Å²) in [7, 11) is -3.94. The number of ketones is 1. The van der Waals surface area contributed by atoms with Crippen molar-refractivity contribution in [3.63, 3.8) is 0 Å². The van der Waals surface area contributed by atoms with Gasteiger partial charge in [-0.25, -0.2) is 17.6 Å². The largest absolute Gasteiger partial charge is 0.444 e. The smallest absolute Gasteiger partial charge is 0.410 e. The SMILES string of the molecule is CC(C)(C)OC(=O)N1CCN(S(=O)(=O)c2ccccc2)[C@@H](CCc2c(F)cccc2CC(=O)C(O)C(c2ccccc2)c2ccccc2)C1. The van der Waals surface area contributed by atoms with Crippen LogP contribution < -0.4 is 0 Å². The minimum absolute atomic E-state index is 0.0380. The Bertz CT molecular complexity index is 1790. The van der Waals surface area contributed by atoms with Gasteiger partial charge in [-0.2, -0.15) is 4.31 Å². The number of hydrogen-bond donors (Lipinski definition) is 1. The fourth-order valence-electron chi connectivity index (χ4n) is 6.33. The van der Waals surface area contributed by atoms with Crippen LogP contribution in [0.4, 0.5) is 9.18 Å². The van der Waals surface area contributed by atoms with Gasteiger partial charge in [-0.1, -0.05) is 91.0 Å². The second kappa shape index (κ2) is 15.4. The maximum absolute atomic E-state index is 15.5. The number of sulfonamides is 1. The molecule has 1 amide bonds. The fourth-order valence-corrected chi connectivity index (χ4v) is 7.98. The van der Waals surface area contributed by atoms with Crippen LogP contribution in [0.2, 0.25) is 0 Å². The molecule has 1 aliphatic rings. The predicted molar refractivity (Wildman–Crippen MR) is 186 cm³/mol. The quantitative estimate of drug-likeness (QED) is 0.197. The molecule has 0 aliphatic carbocycles. The normalized spacial score (nSPS) is 16.4. The van der Waals surface area contributed by atoms with Crippen LogP contribution >= 0.6 is 0 Å². The molecule has 1 unspecified atom stereocenters. The lowest BCUT2D eigenvalue weighted by Gasteiger charge is -2.41. The summed E-state index contributed by atoms with van der Waals surface area (Å²) < 4.78 is 50.1. The molecule has 258 valence electrons. The van der Waals surface area contributed by atoms with Crippen molar-refractivity contribution in [3.8, 4) is 0 Å². The highest BCUT2D eigenvalue weighted by Crippen LogP contribution is 2.31. The minimum atomic E-state index is -3.94. The van der Waals surface area contributed by atoms with E-state index in [0.717, 1.165) is 11.1 Å². The van der Waals surface area contributed by atoms with Crippen LogP contribution in [0.5, 0.6) is 0 Å². The summed E-state index contributed by atoms with van der Waals surface area (Å²) in [6, 6.07) is 30.5. The van der Waals surface area contributed by atoms with E-state index in [4.69, 9.17) is 4.74 Å². The monoisotopic (exact) mass is 686 g/mol. The molecule has 0 aromatic heterocycles. The Morgan fingerprint density at radius 1 is 0.857 bits per heavy atom. The number of rotatable bonds is 11. The van der Waals surface area contributed by atoms with Crippen molar-refractivity contribution in [1.29, 1.82) is 0 Å². The van der Waals surface area contributed by atoms with Crippen LogP contribution in [-0.2, 0) is 32.4 Å². The lowest BCUT2D eigenvalue weighted by molar-refractivity contribution is -0.127. The number of amides is 1. The second-order valence-corrected chi connectivity index (χ2v) is 15.2. The molecule has 4 aromatic carbocycles. The van der Waals surface area contributed by atoms with Crippen molar-refractivity contribution in [2.24, 2.45) is 0 Å². The third kappa shape index (κ3) is 8.81. The van der Waals surface area contributed by atoms with Crippen molar-refractivity contribution in [3.05, 3.63) is 137 Å². The van der Waals surface area contributed by atoms with E-state index in [2.05, 4.69) is 0 Å². The van der Waals surface area contributed by atoms with E-state index in [-0.39, 0.29) is 49.4 Å². The Balaban J connectivity index is 1.39. The Kier molecular flexibility index (Phi) is 11.3. The van der Waals surface area contributed by atoms with Gasteiger partial charge >= 0.3 is 6.09 Å². The van der Waals surface area contributed by atoms with Gasteiger partial charge in [-0.05, 0) is 74.1 Å². The van der Waals surface area contributed by atoms with Crippen molar-refractivity contribution in [2.75, 3.05) is 19.6 Å². The molecule has 4 aromatic rings. The summed E-state index contributed by atoms with van der Waals surface area (Å²) >= 11 is 0. The Hall–Kier alpha value is -4.38. The first kappa shape index (κ1) is 35.9. The van der Waals surface area contributed by atoms with E-state index in [9.17, 15) is 23.1 Å². The van der Waals surface area contributed by atoms with Gasteiger partial charge in [0.2, 0.25) is 10.0 Å². The molecule has 1 aliphatic heterocycles. The number of carbonyl (C=O) groups is 2. The van der Waals surface area contributed by atoms with Crippen LogP contribution in [0, 0.1) is 5.82 Å². The average molecular weight is 687 g/mol. The molecule has 10 heteroatoms. The maximum Gasteiger partial charge on any atom is 0.410 e.